The van der Waals surface area contributed by atoms with Crippen LogP contribution in [0.3, 0.4) is 0 Å². The second-order valence-corrected chi connectivity index (χ2v) is 8.43. The molecule has 0 bridgehead atoms. The molecule has 0 spiro atoms. The van der Waals surface area contributed by atoms with Crippen molar-refractivity contribution in [2.75, 3.05) is 13.3 Å². The highest BCUT2D eigenvalue weighted by Gasteiger charge is 2.39. The van der Waals surface area contributed by atoms with Gasteiger partial charge in [0, 0.05) is 12.3 Å². The van der Waals surface area contributed by atoms with Gasteiger partial charge in [-0.25, -0.2) is 8.42 Å². The molecule has 0 amide bonds. The van der Waals surface area contributed by atoms with Crippen LogP contribution in [-0.4, -0.2) is 32.5 Å². The molecule has 106 valence electrons. The lowest BCUT2D eigenvalue weighted by atomic mass is 9.88. The molecule has 0 radical (unpaired) electrons. The highest BCUT2D eigenvalue weighted by molar-refractivity contribution is 7.92. The van der Waals surface area contributed by atoms with Gasteiger partial charge in [-0.05, 0) is 46.6 Å². The topological polar surface area (TPSA) is 46.2 Å². The van der Waals surface area contributed by atoms with E-state index in [1.54, 1.807) is 0 Å². The standard InChI is InChI=1S/C14H27NO2S/c1-14(2,18(4,16)17)13(15-3)12-10-8-6-5-7-9-11-12/h10,13,15H,5-9,11H2,1-4H3. The van der Waals surface area contributed by atoms with E-state index >= 15 is 0 Å². The average molecular weight is 273 g/mol. The molecule has 0 aromatic rings. The summed E-state index contributed by atoms with van der Waals surface area (Å²) in [5.41, 5.74) is 1.27. The minimum atomic E-state index is -3.09. The molecule has 0 fully saturated rings. The summed E-state index contributed by atoms with van der Waals surface area (Å²) in [7, 11) is -1.23. The molecule has 3 nitrogen and oxygen atoms in total. The second-order valence-electron chi connectivity index (χ2n) is 5.83. The van der Waals surface area contributed by atoms with Gasteiger partial charge in [-0.1, -0.05) is 24.5 Å². The van der Waals surface area contributed by atoms with Crippen LogP contribution in [-0.2, 0) is 9.84 Å². The third-order valence-electron chi connectivity index (χ3n) is 4.14. The summed E-state index contributed by atoms with van der Waals surface area (Å²) in [5, 5.41) is 3.22. The van der Waals surface area contributed by atoms with Crippen LogP contribution in [0.15, 0.2) is 11.6 Å². The molecule has 1 aliphatic carbocycles. The van der Waals surface area contributed by atoms with Gasteiger partial charge < -0.3 is 5.32 Å². The molecule has 1 unspecified atom stereocenters. The van der Waals surface area contributed by atoms with Crippen LogP contribution in [0.5, 0.6) is 0 Å². The van der Waals surface area contributed by atoms with Crippen molar-refractivity contribution in [2.45, 2.75) is 63.2 Å². The Morgan fingerprint density at radius 2 is 1.83 bits per heavy atom. The Kier molecular flexibility index (Phi) is 5.41. The monoisotopic (exact) mass is 273 g/mol. The Morgan fingerprint density at radius 3 is 2.39 bits per heavy atom. The van der Waals surface area contributed by atoms with Gasteiger partial charge in [0.2, 0.25) is 0 Å². The zero-order valence-corrected chi connectivity index (χ0v) is 12.9. The molecule has 0 aromatic heterocycles. The number of allylic oxidation sites excluding steroid dienone is 1. The highest BCUT2D eigenvalue weighted by Crippen LogP contribution is 2.29. The van der Waals surface area contributed by atoms with Crippen molar-refractivity contribution < 1.29 is 8.42 Å². The highest BCUT2D eigenvalue weighted by atomic mass is 32.2. The lowest BCUT2D eigenvalue weighted by Crippen LogP contribution is -2.51. The van der Waals surface area contributed by atoms with Crippen molar-refractivity contribution >= 4 is 9.84 Å². The largest absolute Gasteiger partial charge is 0.312 e. The van der Waals surface area contributed by atoms with Crippen LogP contribution < -0.4 is 5.32 Å². The van der Waals surface area contributed by atoms with Crippen LogP contribution in [0.2, 0.25) is 0 Å². The lowest BCUT2D eigenvalue weighted by Gasteiger charge is -2.35. The van der Waals surface area contributed by atoms with Gasteiger partial charge in [-0.2, -0.15) is 0 Å². The summed E-state index contributed by atoms with van der Waals surface area (Å²) in [5.74, 6) is 0. The van der Waals surface area contributed by atoms with Crippen LogP contribution in [0.4, 0.5) is 0 Å². The Bertz CT molecular complexity index is 396. The molecule has 1 atom stereocenters. The van der Waals surface area contributed by atoms with Gasteiger partial charge in [-0.3, -0.25) is 0 Å². The molecule has 1 rings (SSSR count). The average Bonchev–Trinajstić information content (AvgIpc) is 2.19. The van der Waals surface area contributed by atoms with Crippen molar-refractivity contribution in [3.05, 3.63) is 11.6 Å². The van der Waals surface area contributed by atoms with E-state index in [1.807, 2.05) is 20.9 Å². The molecule has 0 aliphatic heterocycles. The molecule has 0 heterocycles. The normalized spacial score (nSPS) is 20.8. The van der Waals surface area contributed by atoms with E-state index in [1.165, 1.54) is 37.5 Å². The number of rotatable bonds is 4. The van der Waals surface area contributed by atoms with Crippen LogP contribution in [0.25, 0.3) is 0 Å². The summed E-state index contributed by atoms with van der Waals surface area (Å²) in [6, 6.07) is -0.0781. The summed E-state index contributed by atoms with van der Waals surface area (Å²) < 4.78 is 23.2. The van der Waals surface area contributed by atoms with Gasteiger partial charge >= 0.3 is 0 Å². The fourth-order valence-electron chi connectivity index (χ4n) is 2.67. The third-order valence-corrected chi connectivity index (χ3v) is 6.28. The van der Waals surface area contributed by atoms with Gasteiger partial charge in [0.25, 0.3) is 0 Å². The minimum Gasteiger partial charge on any atom is -0.312 e. The Balaban J connectivity index is 3.01. The first-order chi connectivity index (χ1) is 8.30. The number of hydrogen-bond donors (Lipinski definition) is 1. The first-order valence-electron chi connectivity index (χ1n) is 6.86. The van der Waals surface area contributed by atoms with E-state index in [9.17, 15) is 8.42 Å². The van der Waals surface area contributed by atoms with Crippen molar-refractivity contribution in [3.8, 4) is 0 Å². The van der Waals surface area contributed by atoms with E-state index in [2.05, 4.69) is 11.4 Å². The molecular weight excluding hydrogens is 246 g/mol. The fourth-order valence-corrected chi connectivity index (χ4v) is 3.37. The zero-order valence-electron chi connectivity index (χ0n) is 12.1. The first-order valence-corrected chi connectivity index (χ1v) is 8.75. The van der Waals surface area contributed by atoms with E-state index in [0.717, 1.165) is 12.8 Å². The third kappa shape index (κ3) is 3.58. The Hall–Kier alpha value is -0.350. The van der Waals surface area contributed by atoms with Crippen molar-refractivity contribution in [2.24, 2.45) is 0 Å². The predicted molar refractivity (Wildman–Crippen MR) is 77.6 cm³/mol. The summed E-state index contributed by atoms with van der Waals surface area (Å²) in [4.78, 5) is 0. The molecule has 0 saturated heterocycles. The van der Waals surface area contributed by atoms with Crippen molar-refractivity contribution in [3.63, 3.8) is 0 Å². The number of likely N-dealkylation sites (N-methyl/N-ethyl adjacent to an activating group) is 1. The van der Waals surface area contributed by atoms with Crippen LogP contribution in [0, 0.1) is 0 Å². The lowest BCUT2D eigenvalue weighted by molar-refractivity contribution is 0.456. The van der Waals surface area contributed by atoms with E-state index in [0.29, 0.717) is 0 Å². The summed E-state index contributed by atoms with van der Waals surface area (Å²) >= 11 is 0. The molecule has 0 saturated carbocycles. The molecule has 18 heavy (non-hydrogen) atoms. The maximum absolute atomic E-state index is 12.0. The SMILES string of the molecule is CNC(C1=CCCCCCC1)C(C)(C)S(C)(=O)=O. The van der Waals surface area contributed by atoms with Gasteiger partial charge in [0.05, 0.1) is 4.75 Å². The van der Waals surface area contributed by atoms with Gasteiger partial charge in [0.1, 0.15) is 0 Å². The number of nitrogens with one attached hydrogen (secondary N) is 1. The van der Waals surface area contributed by atoms with Gasteiger partial charge in [0.15, 0.2) is 9.84 Å². The van der Waals surface area contributed by atoms with Crippen LogP contribution in [0.1, 0.15) is 52.4 Å². The predicted octanol–water partition coefficient (Wildman–Crippen LogP) is 2.68. The van der Waals surface area contributed by atoms with Gasteiger partial charge in [-0.15, -0.1) is 0 Å². The minimum absolute atomic E-state index is 0.0781. The first kappa shape index (κ1) is 15.7. The van der Waals surface area contributed by atoms with Crippen molar-refractivity contribution in [1.82, 2.24) is 5.32 Å². The molecule has 4 heteroatoms. The Labute approximate surface area is 112 Å². The smallest absolute Gasteiger partial charge is 0.154 e. The fraction of sp³-hybridized carbons (Fsp3) is 0.857. The number of hydrogen-bond acceptors (Lipinski definition) is 3. The molecule has 1 N–H and O–H groups in total. The van der Waals surface area contributed by atoms with Crippen molar-refractivity contribution in [1.29, 1.82) is 0 Å². The van der Waals surface area contributed by atoms with Crippen LogP contribution >= 0.6 is 0 Å². The number of sulfone groups is 1. The molecular formula is C14H27NO2S. The quantitative estimate of drug-likeness (QED) is 0.801. The maximum Gasteiger partial charge on any atom is 0.154 e. The van der Waals surface area contributed by atoms with E-state index < -0.39 is 14.6 Å². The maximum atomic E-state index is 12.0. The molecule has 0 aromatic carbocycles. The molecule has 1 aliphatic rings. The van der Waals surface area contributed by atoms with E-state index in [-0.39, 0.29) is 6.04 Å². The second kappa shape index (κ2) is 6.20. The summed E-state index contributed by atoms with van der Waals surface area (Å²) in [6.07, 6.45) is 10.6. The Morgan fingerprint density at radius 1 is 1.22 bits per heavy atom. The zero-order chi connectivity index (χ0) is 13.8. The summed E-state index contributed by atoms with van der Waals surface area (Å²) in [6.45, 7) is 3.65. The van der Waals surface area contributed by atoms with E-state index in [4.69, 9.17) is 0 Å².